The van der Waals surface area contributed by atoms with E-state index in [0.717, 1.165) is 3.57 Å². The Morgan fingerprint density at radius 3 is 2.70 bits per heavy atom. The monoisotopic (exact) mass is 250 g/mol. The number of rotatable bonds is 1. The lowest BCUT2D eigenvalue weighted by Crippen LogP contribution is -2.17. The van der Waals surface area contributed by atoms with Crippen LogP contribution in [0.1, 0.15) is 0 Å². The van der Waals surface area contributed by atoms with Gasteiger partial charge in [-0.25, -0.2) is 4.39 Å². The normalized spacial score (nSPS) is 9.50. The maximum absolute atomic E-state index is 12.6. The van der Waals surface area contributed by atoms with Crippen LogP contribution < -0.4 is 5.46 Å². The number of benzene rings is 1. The molecule has 0 aromatic heterocycles. The van der Waals surface area contributed by atoms with Crippen LogP contribution in [0.2, 0.25) is 0 Å². The molecule has 52 valence electrons. The van der Waals surface area contributed by atoms with E-state index < -0.39 is 0 Å². The second-order valence-corrected chi connectivity index (χ2v) is 3.14. The highest BCUT2D eigenvalue weighted by Crippen LogP contribution is 2.02. The lowest BCUT2D eigenvalue weighted by molar-refractivity contribution is 0.602. The van der Waals surface area contributed by atoms with Crippen molar-refractivity contribution in [2.45, 2.75) is 0 Å². The first-order valence-electron chi connectivity index (χ1n) is 2.79. The lowest BCUT2D eigenvalue weighted by Gasteiger charge is -1.96. The van der Waals surface area contributed by atoms with Crippen molar-refractivity contribution in [2.75, 3.05) is 0 Å². The Morgan fingerprint density at radius 2 is 2.20 bits per heavy atom. The van der Waals surface area contributed by atoms with Crippen LogP contribution in [0.5, 0.6) is 0 Å². The van der Waals surface area contributed by atoms with Gasteiger partial charge in [-0.2, -0.15) is 0 Å². The minimum atomic E-state index is -0.345. The molecule has 10 heavy (non-hydrogen) atoms. The van der Waals surface area contributed by atoms with Crippen molar-refractivity contribution in [1.82, 2.24) is 0 Å². The standard InChI is InChI=1S/C6H5BFIO/c8-6-2-1-4(9)3-5(6)7-10/h1-3,7,10H. The minimum absolute atomic E-state index is 0.233. The Balaban J connectivity index is 3.09. The van der Waals surface area contributed by atoms with E-state index in [-0.39, 0.29) is 13.3 Å². The van der Waals surface area contributed by atoms with Crippen LogP contribution in [-0.2, 0) is 0 Å². The molecule has 0 aliphatic carbocycles. The van der Waals surface area contributed by atoms with Gasteiger partial charge in [0.2, 0.25) is 0 Å². The zero-order chi connectivity index (χ0) is 7.56. The van der Waals surface area contributed by atoms with Crippen molar-refractivity contribution in [2.24, 2.45) is 0 Å². The summed E-state index contributed by atoms with van der Waals surface area (Å²) in [6, 6.07) is 4.64. The quantitative estimate of drug-likeness (QED) is 0.565. The van der Waals surface area contributed by atoms with Crippen molar-refractivity contribution in [3.63, 3.8) is 0 Å². The molecule has 0 atom stereocenters. The summed E-state index contributed by atoms with van der Waals surface area (Å²) in [7, 11) is -0.233. The average Bonchev–Trinajstić information content (AvgIpc) is 1.94. The molecular weight excluding hydrogens is 245 g/mol. The molecule has 1 aromatic rings. The molecule has 1 nitrogen and oxygen atoms in total. The maximum Gasteiger partial charge on any atom is 0.307 e. The maximum atomic E-state index is 12.6. The van der Waals surface area contributed by atoms with Crippen molar-refractivity contribution in [3.8, 4) is 0 Å². The third-order valence-electron chi connectivity index (χ3n) is 1.18. The minimum Gasteiger partial charge on any atom is -0.449 e. The fourth-order valence-electron chi connectivity index (χ4n) is 0.664. The van der Waals surface area contributed by atoms with Crippen molar-refractivity contribution in [3.05, 3.63) is 27.6 Å². The molecule has 1 N–H and O–H groups in total. The molecule has 0 radical (unpaired) electrons. The Kier molecular flexibility index (Phi) is 2.68. The first-order chi connectivity index (χ1) is 4.74. The summed E-state index contributed by atoms with van der Waals surface area (Å²) in [5, 5.41) is 8.60. The van der Waals surface area contributed by atoms with Gasteiger partial charge in [-0.05, 0) is 46.3 Å². The molecule has 0 saturated heterocycles. The number of hydrogen-bond acceptors (Lipinski definition) is 1. The Bertz CT molecular complexity index is 241. The van der Waals surface area contributed by atoms with Gasteiger partial charge in [0.25, 0.3) is 0 Å². The largest absolute Gasteiger partial charge is 0.449 e. The van der Waals surface area contributed by atoms with Crippen molar-refractivity contribution >= 4 is 35.5 Å². The van der Waals surface area contributed by atoms with E-state index in [1.165, 1.54) is 6.07 Å². The molecule has 0 fully saturated rings. The fraction of sp³-hybridized carbons (Fsp3) is 0. The fourth-order valence-corrected chi connectivity index (χ4v) is 1.22. The van der Waals surface area contributed by atoms with E-state index in [1.807, 2.05) is 0 Å². The van der Waals surface area contributed by atoms with Gasteiger partial charge in [-0.1, -0.05) is 0 Å². The topological polar surface area (TPSA) is 20.2 Å². The van der Waals surface area contributed by atoms with Crippen molar-refractivity contribution in [1.29, 1.82) is 0 Å². The summed E-state index contributed by atoms with van der Waals surface area (Å²) in [5.41, 5.74) is 0.354. The van der Waals surface area contributed by atoms with E-state index in [4.69, 9.17) is 5.02 Å². The van der Waals surface area contributed by atoms with Gasteiger partial charge in [0.05, 0.1) is 0 Å². The Morgan fingerprint density at radius 1 is 1.50 bits per heavy atom. The molecule has 1 aromatic carbocycles. The van der Waals surface area contributed by atoms with Gasteiger partial charge >= 0.3 is 7.48 Å². The highest BCUT2D eigenvalue weighted by atomic mass is 127. The molecule has 0 spiro atoms. The zero-order valence-corrected chi connectivity index (χ0v) is 7.30. The van der Waals surface area contributed by atoms with E-state index in [0.29, 0.717) is 5.46 Å². The van der Waals surface area contributed by atoms with Crippen LogP contribution in [-0.4, -0.2) is 12.5 Å². The SMILES string of the molecule is OBc1cc(I)ccc1F. The average molecular weight is 250 g/mol. The van der Waals surface area contributed by atoms with Crippen LogP contribution in [0.3, 0.4) is 0 Å². The Hall–Kier alpha value is -0.0951. The van der Waals surface area contributed by atoms with Gasteiger partial charge in [0.1, 0.15) is 5.82 Å². The van der Waals surface area contributed by atoms with Crippen LogP contribution >= 0.6 is 22.6 Å². The van der Waals surface area contributed by atoms with Crippen LogP contribution in [0.15, 0.2) is 18.2 Å². The van der Waals surface area contributed by atoms with Crippen molar-refractivity contribution < 1.29 is 9.41 Å². The molecule has 0 aliphatic rings. The third kappa shape index (κ3) is 1.70. The highest BCUT2D eigenvalue weighted by Gasteiger charge is 2.00. The summed E-state index contributed by atoms with van der Waals surface area (Å²) in [5.74, 6) is -0.345. The highest BCUT2D eigenvalue weighted by molar-refractivity contribution is 14.1. The number of halogens is 2. The van der Waals surface area contributed by atoms with Crippen LogP contribution in [0.4, 0.5) is 4.39 Å². The molecule has 0 unspecified atom stereocenters. The van der Waals surface area contributed by atoms with E-state index in [2.05, 4.69) is 22.6 Å². The second kappa shape index (κ2) is 3.34. The van der Waals surface area contributed by atoms with Gasteiger partial charge in [0.15, 0.2) is 0 Å². The first kappa shape index (κ1) is 8.01. The number of hydrogen-bond donors (Lipinski definition) is 1. The summed E-state index contributed by atoms with van der Waals surface area (Å²) < 4.78 is 13.5. The second-order valence-electron chi connectivity index (χ2n) is 1.89. The molecule has 0 heterocycles. The van der Waals surface area contributed by atoms with E-state index >= 15 is 0 Å². The molecule has 0 saturated carbocycles. The van der Waals surface area contributed by atoms with Gasteiger partial charge < -0.3 is 5.02 Å². The van der Waals surface area contributed by atoms with Crippen LogP contribution in [0, 0.1) is 9.39 Å². The lowest BCUT2D eigenvalue weighted by atomic mass is 9.88. The smallest absolute Gasteiger partial charge is 0.307 e. The third-order valence-corrected chi connectivity index (χ3v) is 1.85. The van der Waals surface area contributed by atoms with E-state index in [9.17, 15) is 4.39 Å². The van der Waals surface area contributed by atoms with E-state index in [1.54, 1.807) is 12.1 Å². The summed E-state index contributed by atoms with van der Waals surface area (Å²) in [6.07, 6.45) is 0. The van der Waals surface area contributed by atoms with Gasteiger partial charge in [0, 0.05) is 3.57 Å². The molecule has 0 aliphatic heterocycles. The summed E-state index contributed by atoms with van der Waals surface area (Å²) in [4.78, 5) is 0. The molecule has 1 rings (SSSR count). The molecular formula is C6H5BFIO. The zero-order valence-electron chi connectivity index (χ0n) is 5.14. The summed E-state index contributed by atoms with van der Waals surface area (Å²) >= 11 is 2.07. The molecule has 0 amide bonds. The molecule has 4 heteroatoms. The predicted molar refractivity (Wildman–Crippen MR) is 48.1 cm³/mol. The van der Waals surface area contributed by atoms with Crippen LogP contribution in [0.25, 0.3) is 0 Å². The summed E-state index contributed by atoms with van der Waals surface area (Å²) in [6.45, 7) is 0. The molecule has 0 bridgehead atoms. The first-order valence-corrected chi connectivity index (χ1v) is 3.86. The van der Waals surface area contributed by atoms with Gasteiger partial charge in [-0.3, -0.25) is 0 Å². The predicted octanol–water partition coefficient (Wildman–Crippen LogP) is 0.399. The van der Waals surface area contributed by atoms with Gasteiger partial charge in [-0.15, -0.1) is 0 Å². The Labute approximate surface area is 72.7 Å².